The van der Waals surface area contributed by atoms with Crippen LogP contribution in [0.15, 0.2) is 42.7 Å². The topological polar surface area (TPSA) is 79.7 Å². The number of hydrogen-bond acceptors (Lipinski definition) is 4. The number of ether oxygens (including phenoxy) is 1. The van der Waals surface area contributed by atoms with Crippen molar-refractivity contribution < 1.29 is 19.4 Å². The van der Waals surface area contributed by atoms with E-state index >= 15 is 0 Å². The van der Waals surface area contributed by atoms with Gasteiger partial charge in [-0.15, -0.1) is 0 Å². The summed E-state index contributed by atoms with van der Waals surface area (Å²) in [7, 11) is 1.61. The molecule has 0 saturated carbocycles. The average molecular weight is 340 g/mol. The molecule has 6 nitrogen and oxygen atoms in total. The van der Waals surface area contributed by atoms with Crippen molar-refractivity contribution in [2.45, 2.75) is 12.8 Å². The third kappa shape index (κ3) is 3.79. The Labute approximate surface area is 146 Å². The van der Waals surface area contributed by atoms with E-state index < -0.39 is 5.97 Å². The summed E-state index contributed by atoms with van der Waals surface area (Å²) in [4.78, 5) is 29.6. The van der Waals surface area contributed by atoms with E-state index in [1.54, 1.807) is 24.4 Å². The number of rotatable bonds is 4. The van der Waals surface area contributed by atoms with Gasteiger partial charge in [-0.2, -0.15) is 0 Å². The maximum Gasteiger partial charge on any atom is 0.306 e. The molecule has 0 aliphatic carbocycles. The van der Waals surface area contributed by atoms with E-state index in [4.69, 9.17) is 9.84 Å². The summed E-state index contributed by atoms with van der Waals surface area (Å²) in [6, 6.07) is 9.38. The fourth-order valence-electron chi connectivity index (χ4n) is 3.01. The molecule has 0 atom stereocenters. The summed E-state index contributed by atoms with van der Waals surface area (Å²) >= 11 is 0. The summed E-state index contributed by atoms with van der Waals surface area (Å²) in [6.07, 6.45) is 4.26. The van der Waals surface area contributed by atoms with Gasteiger partial charge in [0.25, 0.3) is 5.91 Å². The highest BCUT2D eigenvalue weighted by molar-refractivity contribution is 5.95. The number of methoxy groups -OCH3 is 1. The van der Waals surface area contributed by atoms with Crippen LogP contribution in [0.4, 0.5) is 0 Å². The third-order valence-electron chi connectivity index (χ3n) is 4.54. The number of carbonyl (C=O) groups is 2. The van der Waals surface area contributed by atoms with Crippen LogP contribution in [0, 0.1) is 5.92 Å². The SMILES string of the molecule is COc1ccc(-c2cncc(C(=O)N3CCC(C(=O)O)CC3)c2)cc1. The molecule has 1 fully saturated rings. The van der Waals surface area contributed by atoms with Crippen molar-refractivity contribution in [2.24, 2.45) is 5.92 Å². The van der Waals surface area contributed by atoms with Crippen molar-refractivity contribution in [3.63, 3.8) is 0 Å². The van der Waals surface area contributed by atoms with Gasteiger partial charge in [-0.25, -0.2) is 0 Å². The summed E-state index contributed by atoms with van der Waals surface area (Å²) in [6.45, 7) is 0.922. The number of nitrogens with zero attached hydrogens (tertiary/aromatic N) is 2. The number of likely N-dealkylation sites (tertiary alicyclic amines) is 1. The molecule has 1 aliphatic rings. The van der Waals surface area contributed by atoms with Crippen molar-refractivity contribution >= 4 is 11.9 Å². The molecular weight excluding hydrogens is 320 g/mol. The van der Waals surface area contributed by atoms with Crippen molar-refractivity contribution in [2.75, 3.05) is 20.2 Å². The second-order valence-electron chi connectivity index (χ2n) is 6.10. The fraction of sp³-hybridized carbons (Fsp3) is 0.316. The standard InChI is InChI=1S/C19H20N2O4/c1-25-17-4-2-13(3-5-17)15-10-16(12-20-11-15)18(22)21-8-6-14(7-9-21)19(23)24/h2-5,10-12,14H,6-9H2,1H3,(H,23,24). The largest absolute Gasteiger partial charge is 0.497 e. The van der Waals surface area contributed by atoms with Crippen molar-refractivity contribution in [1.82, 2.24) is 9.88 Å². The smallest absolute Gasteiger partial charge is 0.306 e. The van der Waals surface area contributed by atoms with Crippen LogP contribution in [0.2, 0.25) is 0 Å². The minimum atomic E-state index is -0.782. The number of hydrogen-bond donors (Lipinski definition) is 1. The van der Waals surface area contributed by atoms with Gasteiger partial charge in [-0.3, -0.25) is 14.6 Å². The average Bonchev–Trinajstić information content (AvgIpc) is 2.67. The summed E-state index contributed by atoms with van der Waals surface area (Å²) in [5.74, 6) is -0.472. The van der Waals surface area contributed by atoms with Crippen LogP contribution < -0.4 is 4.74 Å². The van der Waals surface area contributed by atoms with Crippen molar-refractivity contribution in [3.05, 3.63) is 48.3 Å². The highest BCUT2D eigenvalue weighted by atomic mass is 16.5. The molecule has 2 aromatic rings. The predicted molar refractivity (Wildman–Crippen MR) is 92.5 cm³/mol. The van der Waals surface area contributed by atoms with Gasteiger partial charge in [0.15, 0.2) is 0 Å². The van der Waals surface area contributed by atoms with E-state index in [9.17, 15) is 9.59 Å². The van der Waals surface area contributed by atoms with Crippen LogP contribution in [0.5, 0.6) is 5.75 Å². The van der Waals surface area contributed by atoms with Gasteiger partial charge in [0.1, 0.15) is 5.75 Å². The Kier molecular flexibility index (Phi) is 4.97. The third-order valence-corrected chi connectivity index (χ3v) is 4.54. The quantitative estimate of drug-likeness (QED) is 0.926. The lowest BCUT2D eigenvalue weighted by molar-refractivity contribution is -0.143. The number of piperidine rings is 1. The minimum Gasteiger partial charge on any atom is -0.497 e. The summed E-state index contributed by atoms with van der Waals surface area (Å²) < 4.78 is 5.15. The van der Waals surface area contributed by atoms with Crippen LogP contribution in [0.1, 0.15) is 23.2 Å². The number of benzene rings is 1. The van der Waals surface area contributed by atoms with Crippen LogP contribution in [0.25, 0.3) is 11.1 Å². The zero-order valence-corrected chi connectivity index (χ0v) is 14.0. The second-order valence-corrected chi connectivity index (χ2v) is 6.10. The molecule has 1 aromatic carbocycles. The van der Waals surface area contributed by atoms with E-state index in [0.29, 0.717) is 31.5 Å². The van der Waals surface area contributed by atoms with Crippen molar-refractivity contribution in [1.29, 1.82) is 0 Å². The number of aliphatic carboxylic acids is 1. The molecule has 130 valence electrons. The molecular formula is C19H20N2O4. The minimum absolute atomic E-state index is 0.105. The number of carboxylic acids is 1. The normalized spacial score (nSPS) is 15.0. The first-order valence-electron chi connectivity index (χ1n) is 8.20. The monoisotopic (exact) mass is 340 g/mol. The molecule has 25 heavy (non-hydrogen) atoms. The Hall–Kier alpha value is -2.89. The maximum atomic E-state index is 12.7. The van der Waals surface area contributed by atoms with Crippen LogP contribution in [-0.2, 0) is 4.79 Å². The van der Waals surface area contributed by atoms with E-state index in [0.717, 1.165) is 16.9 Å². The van der Waals surface area contributed by atoms with Gasteiger partial charge in [0, 0.05) is 31.0 Å². The lowest BCUT2D eigenvalue weighted by atomic mass is 9.96. The Morgan fingerprint density at radius 2 is 1.80 bits per heavy atom. The fourth-order valence-corrected chi connectivity index (χ4v) is 3.01. The van der Waals surface area contributed by atoms with Gasteiger partial charge < -0.3 is 14.7 Å². The first-order chi connectivity index (χ1) is 12.1. The Bertz CT molecular complexity index is 765. The second kappa shape index (κ2) is 7.34. The lowest BCUT2D eigenvalue weighted by Crippen LogP contribution is -2.40. The molecule has 1 saturated heterocycles. The molecule has 0 radical (unpaired) electrons. The summed E-state index contributed by atoms with van der Waals surface area (Å²) in [5, 5.41) is 9.06. The van der Waals surface area contributed by atoms with Gasteiger partial charge in [-0.05, 0) is 36.6 Å². The van der Waals surface area contributed by atoms with E-state index in [1.807, 2.05) is 30.3 Å². The maximum absolute atomic E-state index is 12.7. The van der Waals surface area contributed by atoms with Crippen molar-refractivity contribution in [3.8, 4) is 16.9 Å². The number of carboxylic acid groups (broad SMARTS) is 1. The molecule has 0 bridgehead atoms. The number of carbonyl (C=O) groups excluding carboxylic acids is 1. The molecule has 3 rings (SSSR count). The van der Waals surface area contributed by atoms with Gasteiger partial charge in [-0.1, -0.05) is 12.1 Å². The van der Waals surface area contributed by atoms with Gasteiger partial charge >= 0.3 is 5.97 Å². The number of pyridine rings is 1. The molecule has 0 spiro atoms. The molecule has 1 aromatic heterocycles. The Morgan fingerprint density at radius 3 is 2.40 bits per heavy atom. The summed E-state index contributed by atoms with van der Waals surface area (Å²) in [5.41, 5.74) is 2.32. The highest BCUT2D eigenvalue weighted by Crippen LogP contribution is 2.24. The number of aromatic nitrogens is 1. The van der Waals surface area contributed by atoms with Crippen LogP contribution in [-0.4, -0.2) is 47.1 Å². The van der Waals surface area contributed by atoms with Gasteiger partial charge in [0.2, 0.25) is 0 Å². The Balaban J connectivity index is 1.74. The molecule has 0 unspecified atom stereocenters. The first kappa shape index (κ1) is 17.0. The van der Waals surface area contributed by atoms with E-state index in [1.165, 1.54) is 0 Å². The van der Waals surface area contributed by atoms with E-state index in [2.05, 4.69) is 4.98 Å². The predicted octanol–water partition coefficient (Wildman–Crippen LogP) is 2.69. The molecule has 6 heteroatoms. The highest BCUT2D eigenvalue weighted by Gasteiger charge is 2.27. The van der Waals surface area contributed by atoms with Gasteiger partial charge in [0.05, 0.1) is 18.6 Å². The number of amides is 1. The molecule has 1 aliphatic heterocycles. The first-order valence-corrected chi connectivity index (χ1v) is 8.20. The van der Waals surface area contributed by atoms with Crippen LogP contribution >= 0.6 is 0 Å². The zero-order valence-electron chi connectivity index (χ0n) is 14.0. The zero-order chi connectivity index (χ0) is 17.8. The lowest BCUT2D eigenvalue weighted by Gasteiger charge is -2.30. The molecule has 1 N–H and O–H groups in total. The molecule has 1 amide bonds. The van der Waals surface area contributed by atoms with E-state index in [-0.39, 0.29) is 11.8 Å². The molecule has 2 heterocycles. The van der Waals surface area contributed by atoms with Crippen LogP contribution in [0.3, 0.4) is 0 Å². The Morgan fingerprint density at radius 1 is 1.12 bits per heavy atom.